The predicted molar refractivity (Wildman–Crippen MR) is 68.7 cm³/mol. The van der Waals surface area contributed by atoms with Gasteiger partial charge in [-0.25, -0.2) is 0 Å². The Morgan fingerprint density at radius 2 is 2.12 bits per heavy atom. The van der Waals surface area contributed by atoms with Crippen molar-refractivity contribution in [2.75, 3.05) is 6.54 Å². The first-order valence-electron chi connectivity index (χ1n) is 5.84. The second kappa shape index (κ2) is 5.69. The van der Waals surface area contributed by atoms with Crippen molar-refractivity contribution in [1.82, 2.24) is 9.78 Å². The molecule has 0 saturated heterocycles. The average molecular weight is 244 g/mol. The summed E-state index contributed by atoms with van der Waals surface area (Å²) in [5, 5.41) is 4.98. The van der Waals surface area contributed by atoms with Crippen LogP contribution in [0.1, 0.15) is 38.8 Å². The average Bonchev–Trinajstić information content (AvgIpc) is 2.56. The zero-order valence-corrected chi connectivity index (χ0v) is 11.2. The predicted octanol–water partition coefficient (Wildman–Crippen LogP) is 3.00. The number of hydrogen-bond acceptors (Lipinski definition) is 2. The summed E-state index contributed by atoms with van der Waals surface area (Å²) in [5.41, 5.74) is 7.01. The molecule has 0 radical (unpaired) electrons. The van der Waals surface area contributed by atoms with Crippen LogP contribution in [0.15, 0.2) is 6.20 Å². The van der Waals surface area contributed by atoms with Crippen LogP contribution in [-0.2, 0) is 6.54 Å². The lowest BCUT2D eigenvalue weighted by atomic mass is 9.87. The van der Waals surface area contributed by atoms with E-state index in [0.29, 0.717) is 0 Å². The number of halogens is 1. The van der Waals surface area contributed by atoms with Gasteiger partial charge in [0.2, 0.25) is 0 Å². The number of aryl methyl sites for hydroxylation is 1. The highest BCUT2D eigenvalue weighted by Crippen LogP contribution is 2.21. The van der Waals surface area contributed by atoms with E-state index >= 15 is 0 Å². The fraction of sp³-hybridized carbons (Fsp3) is 0.750. The Hall–Kier alpha value is -0.540. The van der Waals surface area contributed by atoms with Gasteiger partial charge in [0.25, 0.3) is 0 Å². The third-order valence-electron chi connectivity index (χ3n) is 3.07. The second-order valence-electron chi connectivity index (χ2n) is 5.13. The van der Waals surface area contributed by atoms with Gasteiger partial charge >= 0.3 is 0 Å². The molecule has 0 aliphatic heterocycles. The van der Waals surface area contributed by atoms with Crippen molar-refractivity contribution in [3.05, 3.63) is 16.9 Å². The number of unbranched alkanes of at least 4 members (excludes halogenated alkanes) is 1. The smallest absolute Gasteiger partial charge is 0.0814 e. The number of nitrogens with zero attached hydrogens (tertiary/aromatic N) is 2. The molecule has 0 atom stereocenters. The summed E-state index contributed by atoms with van der Waals surface area (Å²) in [6, 6.07) is 0. The molecule has 1 rings (SSSR count). The van der Waals surface area contributed by atoms with Gasteiger partial charge in [0.05, 0.1) is 16.9 Å². The topological polar surface area (TPSA) is 43.8 Å². The highest BCUT2D eigenvalue weighted by atomic mass is 35.5. The number of rotatable bonds is 6. The van der Waals surface area contributed by atoms with Crippen LogP contribution in [-0.4, -0.2) is 16.3 Å². The van der Waals surface area contributed by atoms with Crippen LogP contribution in [0.5, 0.6) is 0 Å². The van der Waals surface area contributed by atoms with E-state index in [1.807, 2.05) is 11.6 Å². The quantitative estimate of drug-likeness (QED) is 0.781. The molecule has 0 aliphatic carbocycles. The van der Waals surface area contributed by atoms with Crippen molar-refractivity contribution in [2.45, 2.75) is 46.6 Å². The summed E-state index contributed by atoms with van der Waals surface area (Å²) in [4.78, 5) is 0. The Kier molecular flexibility index (Phi) is 4.81. The van der Waals surface area contributed by atoms with E-state index in [2.05, 4.69) is 18.9 Å². The van der Waals surface area contributed by atoms with Crippen LogP contribution in [0.25, 0.3) is 0 Å². The number of hydrogen-bond donors (Lipinski definition) is 1. The molecule has 1 heterocycles. The SMILES string of the molecule is Cc1c(Cl)cnn1CCCCC(C)(C)CN. The Morgan fingerprint density at radius 1 is 1.44 bits per heavy atom. The van der Waals surface area contributed by atoms with Gasteiger partial charge < -0.3 is 5.73 Å². The molecule has 2 N–H and O–H groups in total. The van der Waals surface area contributed by atoms with E-state index in [1.54, 1.807) is 6.20 Å². The van der Waals surface area contributed by atoms with Gasteiger partial charge in [0.15, 0.2) is 0 Å². The van der Waals surface area contributed by atoms with Crippen LogP contribution >= 0.6 is 11.6 Å². The third-order valence-corrected chi connectivity index (χ3v) is 3.44. The number of nitrogens with two attached hydrogens (primary N) is 1. The van der Waals surface area contributed by atoms with Crippen LogP contribution in [0, 0.1) is 12.3 Å². The third kappa shape index (κ3) is 3.80. The molecule has 0 amide bonds. The molecule has 0 saturated carbocycles. The van der Waals surface area contributed by atoms with E-state index in [4.69, 9.17) is 17.3 Å². The largest absolute Gasteiger partial charge is 0.330 e. The van der Waals surface area contributed by atoms with Crippen molar-refractivity contribution in [3.63, 3.8) is 0 Å². The van der Waals surface area contributed by atoms with Crippen LogP contribution in [0.4, 0.5) is 0 Å². The molecule has 4 heteroatoms. The molecule has 0 aliphatic rings. The summed E-state index contributed by atoms with van der Waals surface area (Å²) >= 11 is 5.94. The molecule has 16 heavy (non-hydrogen) atoms. The Morgan fingerprint density at radius 3 is 2.62 bits per heavy atom. The minimum atomic E-state index is 0.261. The van der Waals surface area contributed by atoms with E-state index in [9.17, 15) is 0 Å². The van der Waals surface area contributed by atoms with Gasteiger partial charge in [0, 0.05) is 6.54 Å². The first kappa shape index (κ1) is 13.5. The van der Waals surface area contributed by atoms with Gasteiger partial charge in [-0.05, 0) is 31.7 Å². The van der Waals surface area contributed by atoms with E-state index in [-0.39, 0.29) is 5.41 Å². The summed E-state index contributed by atoms with van der Waals surface area (Å²) in [7, 11) is 0. The van der Waals surface area contributed by atoms with Gasteiger partial charge in [-0.1, -0.05) is 31.9 Å². The maximum Gasteiger partial charge on any atom is 0.0814 e. The zero-order valence-electron chi connectivity index (χ0n) is 10.5. The van der Waals surface area contributed by atoms with Crippen molar-refractivity contribution in [1.29, 1.82) is 0 Å². The van der Waals surface area contributed by atoms with Gasteiger partial charge in [-0.2, -0.15) is 5.10 Å². The minimum Gasteiger partial charge on any atom is -0.330 e. The lowest BCUT2D eigenvalue weighted by Gasteiger charge is -2.21. The second-order valence-corrected chi connectivity index (χ2v) is 5.53. The van der Waals surface area contributed by atoms with Gasteiger partial charge in [-0.3, -0.25) is 4.68 Å². The first-order valence-corrected chi connectivity index (χ1v) is 6.22. The van der Waals surface area contributed by atoms with Crippen molar-refractivity contribution in [2.24, 2.45) is 11.1 Å². The molecular formula is C12H22ClN3. The zero-order chi connectivity index (χ0) is 12.2. The van der Waals surface area contributed by atoms with E-state index < -0.39 is 0 Å². The fourth-order valence-corrected chi connectivity index (χ4v) is 1.76. The molecule has 0 aromatic carbocycles. The highest BCUT2D eigenvalue weighted by Gasteiger charge is 2.14. The Labute approximate surface area is 103 Å². The normalized spacial score (nSPS) is 12.1. The van der Waals surface area contributed by atoms with Crippen molar-refractivity contribution in [3.8, 4) is 0 Å². The summed E-state index contributed by atoms with van der Waals surface area (Å²) < 4.78 is 1.97. The van der Waals surface area contributed by atoms with Crippen molar-refractivity contribution < 1.29 is 0 Å². The van der Waals surface area contributed by atoms with Gasteiger partial charge in [-0.15, -0.1) is 0 Å². The van der Waals surface area contributed by atoms with E-state index in [1.165, 1.54) is 6.42 Å². The Balaban J connectivity index is 2.29. The highest BCUT2D eigenvalue weighted by molar-refractivity contribution is 6.31. The van der Waals surface area contributed by atoms with Crippen LogP contribution < -0.4 is 5.73 Å². The summed E-state index contributed by atoms with van der Waals surface area (Å²) in [6.07, 6.45) is 5.18. The molecule has 0 spiro atoms. The lowest BCUT2D eigenvalue weighted by molar-refractivity contribution is 0.327. The lowest BCUT2D eigenvalue weighted by Crippen LogP contribution is -2.23. The maximum absolute atomic E-state index is 5.94. The van der Waals surface area contributed by atoms with E-state index in [0.717, 1.165) is 36.6 Å². The molecule has 3 nitrogen and oxygen atoms in total. The molecule has 0 bridgehead atoms. The number of aromatic nitrogens is 2. The fourth-order valence-electron chi connectivity index (χ4n) is 1.62. The molecular weight excluding hydrogens is 222 g/mol. The minimum absolute atomic E-state index is 0.261. The summed E-state index contributed by atoms with van der Waals surface area (Å²) in [5.74, 6) is 0. The first-order chi connectivity index (χ1) is 7.46. The molecule has 92 valence electrons. The summed E-state index contributed by atoms with van der Waals surface area (Å²) in [6.45, 7) is 8.12. The molecule has 1 aromatic heterocycles. The van der Waals surface area contributed by atoms with Crippen LogP contribution in [0.3, 0.4) is 0 Å². The molecule has 0 unspecified atom stereocenters. The monoisotopic (exact) mass is 243 g/mol. The Bertz CT molecular complexity index is 331. The molecule has 1 aromatic rings. The standard InChI is InChI=1S/C12H22ClN3/c1-10-11(13)8-15-16(10)7-5-4-6-12(2,3)9-14/h8H,4-7,9,14H2,1-3H3. The molecule has 0 fully saturated rings. The van der Waals surface area contributed by atoms with Gasteiger partial charge in [0.1, 0.15) is 0 Å². The van der Waals surface area contributed by atoms with Crippen molar-refractivity contribution >= 4 is 11.6 Å². The van der Waals surface area contributed by atoms with Crippen LogP contribution in [0.2, 0.25) is 5.02 Å². The maximum atomic E-state index is 5.94.